The van der Waals surface area contributed by atoms with Crippen molar-refractivity contribution >= 4 is 0 Å². The molecule has 0 aliphatic rings. The summed E-state index contributed by atoms with van der Waals surface area (Å²) >= 11 is 0. The zero-order valence-corrected chi connectivity index (χ0v) is 12.1. The van der Waals surface area contributed by atoms with E-state index in [0.717, 1.165) is 12.8 Å². The Kier molecular flexibility index (Phi) is 5.83. The first-order valence-electron chi connectivity index (χ1n) is 6.92. The van der Waals surface area contributed by atoms with Crippen molar-refractivity contribution in [2.24, 2.45) is 0 Å². The van der Waals surface area contributed by atoms with Gasteiger partial charge in [-0.1, -0.05) is 51.1 Å². The average molecular weight is 249 g/mol. The third kappa shape index (κ3) is 4.43. The molecule has 1 rings (SSSR count). The molecule has 0 aliphatic heterocycles. The number of aliphatic hydroxyl groups is 1. The fraction of sp³-hybridized carbons (Fsp3) is 0.625. The summed E-state index contributed by atoms with van der Waals surface area (Å²) in [6.45, 7) is 9.07. The van der Waals surface area contributed by atoms with Crippen LogP contribution in [-0.4, -0.2) is 23.8 Å². The van der Waals surface area contributed by atoms with Gasteiger partial charge in [-0.3, -0.25) is 0 Å². The second kappa shape index (κ2) is 6.91. The van der Waals surface area contributed by atoms with E-state index in [4.69, 9.17) is 0 Å². The van der Waals surface area contributed by atoms with E-state index in [0.29, 0.717) is 6.04 Å². The Morgan fingerprint density at radius 3 is 2.33 bits per heavy atom. The van der Waals surface area contributed by atoms with Crippen molar-refractivity contribution in [2.75, 3.05) is 6.61 Å². The molecule has 0 heterocycles. The van der Waals surface area contributed by atoms with Crippen LogP contribution in [0.25, 0.3) is 0 Å². The largest absolute Gasteiger partial charge is 0.395 e. The van der Waals surface area contributed by atoms with Crippen LogP contribution in [0.1, 0.15) is 46.1 Å². The minimum absolute atomic E-state index is 0.154. The summed E-state index contributed by atoms with van der Waals surface area (Å²) in [4.78, 5) is 0. The van der Waals surface area contributed by atoms with Gasteiger partial charge in [-0.2, -0.15) is 0 Å². The number of hydrogen-bond acceptors (Lipinski definition) is 2. The fourth-order valence-corrected chi connectivity index (χ4v) is 2.53. The number of aliphatic hydroxyl groups excluding tert-OH is 1. The van der Waals surface area contributed by atoms with E-state index in [1.807, 2.05) is 0 Å². The number of nitrogens with one attached hydrogen (secondary N) is 1. The average Bonchev–Trinajstić information content (AvgIpc) is 2.36. The van der Waals surface area contributed by atoms with E-state index in [1.54, 1.807) is 0 Å². The first-order valence-corrected chi connectivity index (χ1v) is 6.92. The van der Waals surface area contributed by atoms with Crippen molar-refractivity contribution in [3.63, 3.8) is 0 Å². The van der Waals surface area contributed by atoms with Crippen LogP contribution in [0, 0.1) is 0 Å². The lowest BCUT2D eigenvalue weighted by Gasteiger charge is -2.31. The SMILES string of the molecule is CCC(CO)NC(C)CC(C)(C)c1ccccc1. The van der Waals surface area contributed by atoms with E-state index >= 15 is 0 Å². The van der Waals surface area contributed by atoms with Gasteiger partial charge in [0.1, 0.15) is 0 Å². The lowest BCUT2D eigenvalue weighted by atomic mass is 9.79. The van der Waals surface area contributed by atoms with Gasteiger partial charge in [0.05, 0.1) is 6.61 Å². The lowest BCUT2D eigenvalue weighted by Crippen LogP contribution is -2.41. The maximum absolute atomic E-state index is 9.23. The smallest absolute Gasteiger partial charge is 0.0584 e. The highest BCUT2D eigenvalue weighted by Gasteiger charge is 2.23. The molecule has 1 aromatic carbocycles. The Morgan fingerprint density at radius 2 is 1.83 bits per heavy atom. The van der Waals surface area contributed by atoms with Crippen LogP contribution >= 0.6 is 0 Å². The first kappa shape index (κ1) is 15.2. The molecule has 1 aromatic rings. The van der Waals surface area contributed by atoms with Crippen LogP contribution in [0.5, 0.6) is 0 Å². The van der Waals surface area contributed by atoms with Gasteiger partial charge in [-0.05, 0) is 30.7 Å². The van der Waals surface area contributed by atoms with E-state index < -0.39 is 0 Å². The molecule has 2 nitrogen and oxygen atoms in total. The molecular weight excluding hydrogens is 222 g/mol. The molecule has 0 aliphatic carbocycles. The molecule has 0 spiro atoms. The van der Waals surface area contributed by atoms with Crippen molar-refractivity contribution in [3.8, 4) is 0 Å². The molecule has 0 aromatic heterocycles. The fourth-order valence-electron chi connectivity index (χ4n) is 2.53. The zero-order valence-electron chi connectivity index (χ0n) is 12.1. The normalized spacial score (nSPS) is 15.4. The molecule has 2 heteroatoms. The molecule has 2 unspecified atom stereocenters. The van der Waals surface area contributed by atoms with E-state index in [9.17, 15) is 5.11 Å². The standard InChI is InChI=1S/C16H27NO/c1-5-15(12-18)17-13(2)11-16(3,4)14-9-7-6-8-10-14/h6-10,13,15,17-18H,5,11-12H2,1-4H3. The van der Waals surface area contributed by atoms with E-state index in [1.165, 1.54) is 5.56 Å². The van der Waals surface area contributed by atoms with Crippen LogP contribution in [0.2, 0.25) is 0 Å². The molecular formula is C16H27NO. The molecule has 0 amide bonds. The van der Waals surface area contributed by atoms with Gasteiger partial charge >= 0.3 is 0 Å². The summed E-state index contributed by atoms with van der Waals surface area (Å²) < 4.78 is 0. The van der Waals surface area contributed by atoms with Crippen LogP contribution in [0.4, 0.5) is 0 Å². The van der Waals surface area contributed by atoms with Crippen LogP contribution in [-0.2, 0) is 5.41 Å². The third-order valence-electron chi connectivity index (χ3n) is 3.61. The minimum Gasteiger partial charge on any atom is -0.395 e. The highest BCUT2D eigenvalue weighted by atomic mass is 16.3. The molecule has 0 fully saturated rings. The summed E-state index contributed by atoms with van der Waals surface area (Å²) in [5.41, 5.74) is 1.53. The van der Waals surface area contributed by atoms with Gasteiger partial charge in [0.2, 0.25) is 0 Å². The molecule has 2 atom stereocenters. The van der Waals surface area contributed by atoms with Gasteiger partial charge < -0.3 is 10.4 Å². The summed E-state index contributed by atoms with van der Waals surface area (Å²) in [6.07, 6.45) is 2.03. The number of rotatable bonds is 7. The summed E-state index contributed by atoms with van der Waals surface area (Å²) in [5.74, 6) is 0. The minimum atomic E-state index is 0.154. The predicted octanol–water partition coefficient (Wildman–Crippen LogP) is 3.10. The Balaban J connectivity index is 2.60. The van der Waals surface area contributed by atoms with Gasteiger partial charge in [-0.15, -0.1) is 0 Å². The Morgan fingerprint density at radius 1 is 1.22 bits per heavy atom. The molecule has 0 saturated carbocycles. The van der Waals surface area contributed by atoms with Gasteiger partial charge in [-0.25, -0.2) is 0 Å². The van der Waals surface area contributed by atoms with Gasteiger partial charge in [0.15, 0.2) is 0 Å². The highest BCUT2D eigenvalue weighted by Crippen LogP contribution is 2.28. The monoisotopic (exact) mass is 249 g/mol. The zero-order chi connectivity index (χ0) is 13.6. The second-order valence-electron chi connectivity index (χ2n) is 5.81. The predicted molar refractivity (Wildman–Crippen MR) is 77.8 cm³/mol. The van der Waals surface area contributed by atoms with Gasteiger partial charge in [0, 0.05) is 12.1 Å². The third-order valence-corrected chi connectivity index (χ3v) is 3.61. The maximum Gasteiger partial charge on any atom is 0.0584 e. The topological polar surface area (TPSA) is 32.3 Å². The Labute approximate surface area is 111 Å². The van der Waals surface area contributed by atoms with Crippen LogP contribution in [0.15, 0.2) is 30.3 Å². The van der Waals surface area contributed by atoms with Crippen molar-refractivity contribution in [1.29, 1.82) is 0 Å². The van der Waals surface area contributed by atoms with Crippen molar-refractivity contribution in [3.05, 3.63) is 35.9 Å². The maximum atomic E-state index is 9.23. The van der Waals surface area contributed by atoms with Crippen molar-refractivity contribution in [2.45, 2.75) is 58.0 Å². The Bertz CT molecular complexity index is 330. The van der Waals surface area contributed by atoms with E-state index in [-0.39, 0.29) is 18.1 Å². The molecule has 0 radical (unpaired) electrons. The van der Waals surface area contributed by atoms with Crippen molar-refractivity contribution in [1.82, 2.24) is 5.32 Å². The van der Waals surface area contributed by atoms with Crippen LogP contribution in [0.3, 0.4) is 0 Å². The van der Waals surface area contributed by atoms with Gasteiger partial charge in [0.25, 0.3) is 0 Å². The molecule has 0 saturated heterocycles. The summed E-state index contributed by atoms with van der Waals surface area (Å²) in [6, 6.07) is 11.2. The van der Waals surface area contributed by atoms with E-state index in [2.05, 4.69) is 63.3 Å². The lowest BCUT2D eigenvalue weighted by molar-refractivity contribution is 0.221. The molecule has 0 bridgehead atoms. The molecule has 18 heavy (non-hydrogen) atoms. The highest BCUT2D eigenvalue weighted by molar-refractivity contribution is 5.23. The number of benzene rings is 1. The summed E-state index contributed by atoms with van der Waals surface area (Å²) in [7, 11) is 0. The first-order chi connectivity index (χ1) is 8.49. The molecule has 102 valence electrons. The quantitative estimate of drug-likeness (QED) is 0.778. The van der Waals surface area contributed by atoms with Crippen molar-refractivity contribution < 1.29 is 5.11 Å². The second-order valence-corrected chi connectivity index (χ2v) is 5.81. The summed E-state index contributed by atoms with van der Waals surface area (Å²) in [5, 5.41) is 12.7. The Hall–Kier alpha value is -0.860. The number of hydrogen-bond donors (Lipinski definition) is 2. The van der Waals surface area contributed by atoms with Crippen LogP contribution < -0.4 is 5.32 Å². The molecule has 2 N–H and O–H groups in total.